The maximum absolute atomic E-state index is 12.9. The third-order valence-corrected chi connectivity index (χ3v) is 4.16. The molecule has 0 aliphatic carbocycles. The number of nitrogens with one attached hydrogen (secondary N) is 1. The number of rotatable bonds is 5. The first-order chi connectivity index (χ1) is 13.3. The molecule has 1 N–H and O–H groups in total. The number of ether oxygens (including phenoxy) is 1. The first-order valence-electron chi connectivity index (χ1n) is 8.30. The Bertz CT molecular complexity index is 1090. The van der Waals surface area contributed by atoms with Gasteiger partial charge in [0.2, 0.25) is 5.76 Å². The summed E-state index contributed by atoms with van der Waals surface area (Å²) >= 11 is 5.84. The van der Waals surface area contributed by atoms with E-state index in [0.717, 1.165) is 6.07 Å². The minimum Gasteiger partial charge on any atom is -0.449 e. The third kappa shape index (κ3) is 4.55. The second-order valence-electron chi connectivity index (χ2n) is 6.01. The lowest BCUT2D eigenvalue weighted by Crippen LogP contribution is -2.35. The molecule has 3 aromatic rings. The van der Waals surface area contributed by atoms with Crippen LogP contribution in [0.25, 0.3) is 11.0 Å². The molecule has 28 heavy (non-hydrogen) atoms. The molecule has 144 valence electrons. The minimum absolute atomic E-state index is 0.146. The van der Waals surface area contributed by atoms with Gasteiger partial charge in [-0.3, -0.25) is 9.59 Å². The van der Waals surface area contributed by atoms with Crippen molar-refractivity contribution in [2.75, 3.05) is 0 Å². The number of carbonyl (C=O) groups excluding carboxylic acids is 2. The van der Waals surface area contributed by atoms with Crippen LogP contribution in [0.4, 0.5) is 4.39 Å². The zero-order valence-corrected chi connectivity index (χ0v) is 15.5. The van der Waals surface area contributed by atoms with E-state index in [1.807, 2.05) is 0 Å². The topological polar surface area (TPSA) is 85.6 Å². The van der Waals surface area contributed by atoms with Crippen LogP contribution in [0.1, 0.15) is 23.0 Å². The van der Waals surface area contributed by atoms with Crippen LogP contribution in [0.15, 0.2) is 57.7 Å². The lowest BCUT2D eigenvalue weighted by molar-refractivity contribution is -0.129. The molecule has 3 rings (SSSR count). The Morgan fingerprint density at radius 1 is 1.18 bits per heavy atom. The molecule has 1 heterocycles. The summed E-state index contributed by atoms with van der Waals surface area (Å²) in [6, 6.07) is 11.0. The number of hydrogen-bond acceptors (Lipinski definition) is 5. The van der Waals surface area contributed by atoms with Gasteiger partial charge in [0, 0.05) is 17.6 Å². The Hall–Kier alpha value is -3.19. The monoisotopic (exact) mass is 403 g/mol. The van der Waals surface area contributed by atoms with Gasteiger partial charge < -0.3 is 14.5 Å². The molecule has 0 bridgehead atoms. The molecule has 1 atom stereocenters. The summed E-state index contributed by atoms with van der Waals surface area (Å²) in [7, 11) is 0. The van der Waals surface area contributed by atoms with E-state index >= 15 is 0 Å². The van der Waals surface area contributed by atoms with Gasteiger partial charge in [-0.2, -0.15) is 0 Å². The van der Waals surface area contributed by atoms with Gasteiger partial charge in [0.25, 0.3) is 5.91 Å². The van der Waals surface area contributed by atoms with Gasteiger partial charge in [-0.05, 0) is 42.8 Å². The largest absolute Gasteiger partial charge is 0.449 e. The first-order valence-corrected chi connectivity index (χ1v) is 8.68. The molecule has 0 unspecified atom stereocenters. The number of esters is 1. The molecule has 8 heteroatoms. The Kier molecular flexibility index (Phi) is 5.75. The Morgan fingerprint density at radius 3 is 2.61 bits per heavy atom. The van der Waals surface area contributed by atoms with Crippen molar-refractivity contribution in [1.82, 2.24) is 5.32 Å². The van der Waals surface area contributed by atoms with Crippen molar-refractivity contribution in [3.05, 3.63) is 80.9 Å². The highest BCUT2D eigenvalue weighted by molar-refractivity contribution is 6.31. The van der Waals surface area contributed by atoms with Crippen molar-refractivity contribution in [1.29, 1.82) is 0 Å². The van der Waals surface area contributed by atoms with Crippen molar-refractivity contribution >= 4 is 34.4 Å². The van der Waals surface area contributed by atoms with Crippen LogP contribution in [0.3, 0.4) is 0 Å². The molecule has 0 radical (unpaired) electrons. The number of halogens is 2. The number of carbonyl (C=O) groups is 2. The SMILES string of the molecule is C[C@@H](OC(=O)c1cc(=O)c2cc(Cl)ccc2o1)C(=O)NCc1ccc(F)cc1. The summed E-state index contributed by atoms with van der Waals surface area (Å²) in [6.07, 6.45) is -1.13. The van der Waals surface area contributed by atoms with Crippen LogP contribution >= 0.6 is 11.6 Å². The third-order valence-electron chi connectivity index (χ3n) is 3.92. The molecular weight excluding hydrogens is 389 g/mol. The Balaban J connectivity index is 1.65. The van der Waals surface area contributed by atoms with Crippen molar-refractivity contribution < 1.29 is 23.1 Å². The number of fused-ring (bicyclic) bond motifs is 1. The zero-order chi connectivity index (χ0) is 20.3. The van der Waals surface area contributed by atoms with Gasteiger partial charge in [0.15, 0.2) is 11.5 Å². The van der Waals surface area contributed by atoms with Crippen LogP contribution in [0, 0.1) is 5.82 Å². The van der Waals surface area contributed by atoms with Gasteiger partial charge in [0.1, 0.15) is 11.4 Å². The van der Waals surface area contributed by atoms with Crippen LogP contribution in [-0.4, -0.2) is 18.0 Å². The minimum atomic E-state index is -1.13. The van der Waals surface area contributed by atoms with E-state index in [0.29, 0.717) is 10.6 Å². The van der Waals surface area contributed by atoms with Gasteiger partial charge in [-0.25, -0.2) is 9.18 Å². The van der Waals surface area contributed by atoms with E-state index in [-0.39, 0.29) is 29.1 Å². The quantitative estimate of drug-likeness (QED) is 0.659. The summed E-state index contributed by atoms with van der Waals surface area (Å²) in [5.41, 5.74) is 0.411. The standard InChI is InChI=1S/C20H15ClFNO5/c1-11(19(25)23-10-12-2-5-14(22)6-3-12)27-20(26)18-9-16(24)15-8-13(21)4-7-17(15)28-18/h2-9,11H,10H2,1H3,(H,23,25)/t11-/m1/s1. The predicted molar refractivity (Wildman–Crippen MR) is 101 cm³/mol. The maximum Gasteiger partial charge on any atom is 0.375 e. The maximum atomic E-state index is 12.9. The highest BCUT2D eigenvalue weighted by atomic mass is 35.5. The number of benzene rings is 2. The predicted octanol–water partition coefficient (Wildman–Crippen LogP) is 3.45. The molecule has 0 saturated heterocycles. The van der Waals surface area contributed by atoms with E-state index < -0.39 is 23.4 Å². The number of hydrogen-bond donors (Lipinski definition) is 1. The van der Waals surface area contributed by atoms with Crippen LogP contribution in [0.5, 0.6) is 0 Å². The highest BCUT2D eigenvalue weighted by Crippen LogP contribution is 2.18. The van der Waals surface area contributed by atoms with Crippen molar-refractivity contribution in [2.24, 2.45) is 0 Å². The van der Waals surface area contributed by atoms with Crippen molar-refractivity contribution in [3.63, 3.8) is 0 Å². The first kappa shape index (κ1) is 19.6. The lowest BCUT2D eigenvalue weighted by atomic mass is 10.2. The fourth-order valence-electron chi connectivity index (χ4n) is 2.44. The highest BCUT2D eigenvalue weighted by Gasteiger charge is 2.21. The smallest absolute Gasteiger partial charge is 0.375 e. The van der Waals surface area contributed by atoms with Crippen molar-refractivity contribution in [3.8, 4) is 0 Å². The summed E-state index contributed by atoms with van der Waals surface area (Å²) < 4.78 is 23.3. The normalized spacial score (nSPS) is 11.8. The average Bonchev–Trinajstić information content (AvgIpc) is 2.67. The van der Waals surface area contributed by atoms with E-state index in [9.17, 15) is 18.8 Å². The van der Waals surface area contributed by atoms with Crippen LogP contribution in [-0.2, 0) is 16.1 Å². The van der Waals surface area contributed by atoms with Gasteiger partial charge in [0.05, 0.1) is 5.39 Å². The lowest BCUT2D eigenvalue weighted by Gasteiger charge is -2.13. The molecular formula is C20H15ClFNO5. The molecule has 2 aromatic carbocycles. The summed E-state index contributed by atoms with van der Waals surface area (Å²) in [4.78, 5) is 36.5. The van der Waals surface area contributed by atoms with Gasteiger partial charge in [-0.15, -0.1) is 0 Å². The molecule has 0 fully saturated rings. The van der Waals surface area contributed by atoms with Crippen LogP contribution < -0.4 is 10.7 Å². The molecule has 0 saturated carbocycles. The second kappa shape index (κ2) is 8.22. The molecule has 0 spiro atoms. The second-order valence-corrected chi connectivity index (χ2v) is 6.44. The molecule has 6 nitrogen and oxygen atoms in total. The molecule has 0 aliphatic heterocycles. The van der Waals surface area contributed by atoms with E-state index in [1.165, 1.54) is 49.4 Å². The van der Waals surface area contributed by atoms with E-state index in [2.05, 4.69) is 5.32 Å². The molecule has 1 amide bonds. The van der Waals surface area contributed by atoms with Gasteiger partial charge in [-0.1, -0.05) is 23.7 Å². The van der Waals surface area contributed by atoms with E-state index in [4.69, 9.17) is 20.8 Å². The Morgan fingerprint density at radius 2 is 1.89 bits per heavy atom. The van der Waals surface area contributed by atoms with Crippen molar-refractivity contribution in [2.45, 2.75) is 19.6 Å². The van der Waals surface area contributed by atoms with Crippen LogP contribution in [0.2, 0.25) is 5.02 Å². The average molecular weight is 404 g/mol. The Labute approximate surface area is 163 Å². The summed E-state index contributed by atoms with van der Waals surface area (Å²) in [5.74, 6) is -2.19. The fourth-order valence-corrected chi connectivity index (χ4v) is 2.61. The molecule has 0 aliphatic rings. The summed E-state index contributed by atoms with van der Waals surface area (Å²) in [6.45, 7) is 1.53. The fraction of sp³-hybridized carbons (Fsp3) is 0.150. The van der Waals surface area contributed by atoms with E-state index in [1.54, 1.807) is 0 Å². The molecule has 1 aromatic heterocycles. The summed E-state index contributed by atoms with van der Waals surface area (Å²) in [5, 5.41) is 3.17. The number of amides is 1. The van der Waals surface area contributed by atoms with Gasteiger partial charge >= 0.3 is 5.97 Å². The zero-order valence-electron chi connectivity index (χ0n) is 14.7.